The third-order valence-electron chi connectivity index (χ3n) is 4.10. The van der Waals surface area contributed by atoms with Gasteiger partial charge in [-0.3, -0.25) is 0 Å². The summed E-state index contributed by atoms with van der Waals surface area (Å²) in [4.78, 5) is 14.5. The fraction of sp³-hybridized carbons (Fsp3) is 0.733. The highest BCUT2D eigenvalue weighted by atomic mass is 16.6. The van der Waals surface area contributed by atoms with Crippen LogP contribution in [0.3, 0.4) is 0 Å². The molecular formula is C15H21NO5. The van der Waals surface area contributed by atoms with Crippen molar-refractivity contribution in [1.82, 2.24) is 0 Å². The van der Waals surface area contributed by atoms with E-state index in [1.807, 2.05) is 0 Å². The average Bonchev–Trinajstić information content (AvgIpc) is 2.88. The van der Waals surface area contributed by atoms with Crippen LogP contribution in [0, 0.1) is 6.57 Å². The van der Waals surface area contributed by atoms with Crippen LogP contribution in [0.2, 0.25) is 0 Å². The summed E-state index contributed by atoms with van der Waals surface area (Å²) in [6, 6.07) is 0. The molecule has 0 spiro atoms. The van der Waals surface area contributed by atoms with E-state index in [0.717, 1.165) is 12.8 Å². The van der Waals surface area contributed by atoms with Gasteiger partial charge in [0.05, 0.1) is 32.0 Å². The Balaban J connectivity index is 2.00. The summed E-state index contributed by atoms with van der Waals surface area (Å²) in [5.41, 5.74) is -0.712. The molecule has 2 aliphatic rings. The van der Waals surface area contributed by atoms with Crippen LogP contribution in [-0.4, -0.2) is 55.3 Å². The second-order valence-electron chi connectivity index (χ2n) is 5.46. The molecule has 0 aliphatic carbocycles. The molecule has 2 aliphatic heterocycles. The third-order valence-corrected chi connectivity index (χ3v) is 4.10. The lowest BCUT2D eigenvalue weighted by atomic mass is 9.86. The maximum atomic E-state index is 11.1. The highest BCUT2D eigenvalue weighted by molar-refractivity contribution is 5.81. The van der Waals surface area contributed by atoms with Gasteiger partial charge in [-0.25, -0.2) is 11.4 Å². The molecule has 4 atom stereocenters. The first-order chi connectivity index (χ1) is 10.1. The fourth-order valence-corrected chi connectivity index (χ4v) is 3.02. The predicted molar refractivity (Wildman–Crippen MR) is 74.4 cm³/mol. The van der Waals surface area contributed by atoms with Crippen LogP contribution < -0.4 is 0 Å². The first kappa shape index (κ1) is 16.0. The molecule has 0 aromatic carbocycles. The molecule has 0 aromatic heterocycles. The summed E-state index contributed by atoms with van der Waals surface area (Å²) >= 11 is 0. The number of esters is 1. The molecule has 2 rings (SSSR count). The van der Waals surface area contributed by atoms with Crippen molar-refractivity contribution in [2.24, 2.45) is 0 Å². The number of carbonyl (C=O) groups is 1. The van der Waals surface area contributed by atoms with Crippen LogP contribution in [0.5, 0.6) is 0 Å². The molecule has 6 nitrogen and oxygen atoms in total. The minimum absolute atomic E-state index is 0.00515. The molecule has 1 unspecified atom stereocenters. The summed E-state index contributed by atoms with van der Waals surface area (Å²) in [7, 11) is 1.32. The zero-order valence-corrected chi connectivity index (χ0v) is 12.2. The van der Waals surface area contributed by atoms with Gasteiger partial charge in [-0.1, -0.05) is 0 Å². The smallest absolute Gasteiger partial charge is 0.330 e. The van der Waals surface area contributed by atoms with Crippen molar-refractivity contribution >= 4 is 5.97 Å². The van der Waals surface area contributed by atoms with Gasteiger partial charge in [-0.2, -0.15) is 0 Å². The number of rotatable bonds is 5. The Morgan fingerprint density at radius 2 is 2.38 bits per heavy atom. The molecule has 6 heteroatoms. The molecule has 2 saturated heterocycles. The van der Waals surface area contributed by atoms with Crippen molar-refractivity contribution in [3.8, 4) is 0 Å². The zero-order chi connectivity index (χ0) is 15.3. The van der Waals surface area contributed by atoms with E-state index in [4.69, 9.17) is 16.0 Å². The normalized spacial score (nSPS) is 35.4. The summed E-state index contributed by atoms with van der Waals surface area (Å²) < 4.78 is 16.5. The lowest BCUT2D eigenvalue weighted by Crippen LogP contribution is -2.51. The standard InChI is InChI=1S/C15H21NO5/c1-16-8-7-11-3-5-13-15(10-17,21-11)9-12(20-13)4-6-14(18)19-2/h4,6,11-13,17H,3,5,7-10H2,2H3/b6-4+/t11-,12+,13+,15?/m1/s1. The average molecular weight is 295 g/mol. The van der Waals surface area contributed by atoms with Crippen molar-refractivity contribution in [2.45, 2.75) is 49.6 Å². The summed E-state index contributed by atoms with van der Waals surface area (Å²) in [6.07, 6.45) is 5.37. The van der Waals surface area contributed by atoms with E-state index in [1.165, 1.54) is 13.2 Å². The Kier molecular flexibility index (Phi) is 5.34. The van der Waals surface area contributed by atoms with Crippen LogP contribution in [0.25, 0.3) is 4.85 Å². The summed E-state index contributed by atoms with van der Waals surface area (Å²) in [6.45, 7) is 7.17. The Hall–Kier alpha value is -1.42. The molecule has 21 heavy (non-hydrogen) atoms. The molecule has 0 amide bonds. The lowest BCUT2D eigenvalue weighted by Gasteiger charge is -2.40. The van der Waals surface area contributed by atoms with Crippen molar-refractivity contribution in [1.29, 1.82) is 0 Å². The van der Waals surface area contributed by atoms with E-state index in [2.05, 4.69) is 9.58 Å². The molecule has 2 fully saturated rings. The van der Waals surface area contributed by atoms with Gasteiger partial charge in [0, 0.05) is 18.9 Å². The van der Waals surface area contributed by atoms with Gasteiger partial charge in [0.1, 0.15) is 5.60 Å². The monoisotopic (exact) mass is 295 g/mol. The minimum atomic E-state index is -0.712. The maximum absolute atomic E-state index is 11.1. The van der Waals surface area contributed by atoms with Gasteiger partial charge in [-0.05, 0) is 18.9 Å². The van der Waals surface area contributed by atoms with E-state index in [9.17, 15) is 9.90 Å². The van der Waals surface area contributed by atoms with Crippen LogP contribution >= 0.6 is 0 Å². The summed E-state index contributed by atoms with van der Waals surface area (Å²) in [5, 5.41) is 9.76. The Bertz CT molecular complexity index is 444. The second kappa shape index (κ2) is 7.03. The quantitative estimate of drug-likeness (QED) is 0.467. The molecule has 1 N–H and O–H groups in total. The number of aliphatic hydroxyl groups is 1. The Morgan fingerprint density at radius 1 is 1.57 bits per heavy atom. The van der Waals surface area contributed by atoms with E-state index in [0.29, 0.717) is 19.4 Å². The van der Waals surface area contributed by atoms with Gasteiger partial charge >= 0.3 is 5.97 Å². The SMILES string of the molecule is [C-]#[N+]CC[C@H]1CC[C@@H]2O[C@@H](/C=C/C(=O)OC)CC2(CO)O1. The minimum Gasteiger partial charge on any atom is -0.466 e. The van der Waals surface area contributed by atoms with Crippen LogP contribution in [0.1, 0.15) is 25.7 Å². The van der Waals surface area contributed by atoms with E-state index >= 15 is 0 Å². The second-order valence-corrected chi connectivity index (χ2v) is 5.46. The van der Waals surface area contributed by atoms with Crippen molar-refractivity contribution < 1.29 is 24.1 Å². The Labute approximate surface area is 124 Å². The topological polar surface area (TPSA) is 69.4 Å². The van der Waals surface area contributed by atoms with Gasteiger partial charge in [0.25, 0.3) is 0 Å². The van der Waals surface area contributed by atoms with Crippen LogP contribution in [0.4, 0.5) is 0 Å². The van der Waals surface area contributed by atoms with Gasteiger partial charge in [0.15, 0.2) is 0 Å². The van der Waals surface area contributed by atoms with Gasteiger partial charge < -0.3 is 24.2 Å². The van der Waals surface area contributed by atoms with Crippen LogP contribution in [0.15, 0.2) is 12.2 Å². The Morgan fingerprint density at radius 3 is 3.05 bits per heavy atom. The molecule has 116 valence electrons. The number of aliphatic hydroxyl groups excluding tert-OH is 1. The maximum Gasteiger partial charge on any atom is 0.330 e. The lowest BCUT2D eigenvalue weighted by molar-refractivity contribution is -0.182. The molecular weight excluding hydrogens is 274 g/mol. The van der Waals surface area contributed by atoms with Gasteiger partial charge in [0.2, 0.25) is 6.54 Å². The van der Waals surface area contributed by atoms with Crippen molar-refractivity contribution in [2.75, 3.05) is 20.3 Å². The number of hydrogen-bond acceptors (Lipinski definition) is 5. The van der Waals surface area contributed by atoms with Gasteiger partial charge in [-0.15, -0.1) is 0 Å². The summed E-state index contributed by atoms with van der Waals surface area (Å²) in [5.74, 6) is -0.428. The first-order valence-corrected chi connectivity index (χ1v) is 7.17. The van der Waals surface area contributed by atoms with E-state index in [-0.39, 0.29) is 24.9 Å². The molecule has 0 radical (unpaired) electrons. The van der Waals surface area contributed by atoms with Crippen molar-refractivity contribution in [3.05, 3.63) is 23.6 Å². The molecule has 0 bridgehead atoms. The largest absolute Gasteiger partial charge is 0.466 e. The third kappa shape index (κ3) is 3.62. The first-order valence-electron chi connectivity index (χ1n) is 7.17. The van der Waals surface area contributed by atoms with Crippen LogP contribution in [-0.2, 0) is 19.0 Å². The number of methoxy groups -OCH3 is 1. The molecule has 2 heterocycles. The number of ether oxygens (including phenoxy) is 3. The molecule has 0 saturated carbocycles. The highest BCUT2D eigenvalue weighted by Crippen LogP contribution is 2.42. The number of hydrogen-bond donors (Lipinski definition) is 1. The number of carbonyl (C=O) groups excluding carboxylic acids is 1. The zero-order valence-electron chi connectivity index (χ0n) is 12.2. The highest BCUT2D eigenvalue weighted by Gasteiger charge is 2.52. The predicted octanol–water partition coefficient (Wildman–Crippen LogP) is 1.09. The molecule has 0 aromatic rings. The number of fused-ring (bicyclic) bond motifs is 1. The van der Waals surface area contributed by atoms with Crippen molar-refractivity contribution in [3.63, 3.8) is 0 Å². The fourth-order valence-electron chi connectivity index (χ4n) is 3.02. The van der Waals surface area contributed by atoms with E-state index < -0.39 is 11.6 Å². The van der Waals surface area contributed by atoms with E-state index in [1.54, 1.807) is 6.08 Å². The number of nitrogens with zero attached hydrogens (tertiary/aromatic N) is 1.